The summed E-state index contributed by atoms with van der Waals surface area (Å²) in [5.74, 6) is 0.905. The molecule has 1 aromatic heterocycles. The zero-order chi connectivity index (χ0) is 21.4. The predicted molar refractivity (Wildman–Crippen MR) is 122 cm³/mol. The second kappa shape index (κ2) is 8.40. The average molecular weight is 436 g/mol. The molecular weight excluding hydrogens is 410 g/mol. The van der Waals surface area contributed by atoms with Gasteiger partial charge in [-0.15, -0.1) is 11.3 Å². The van der Waals surface area contributed by atoms with Crippen molar-refractivity contribution in [3.63, 3.8) is 0 Å². The number of hydrogen-bond donors (Lipinski definition) is 0. The van der Waals surface area contributed by atoms with Gasteiger partial charge in [-0.2, -0.15) is 0 Å². The minimum Gasteiger partial charge on any atom is -0.494 e. The van der Waals surface area contributed by atoms with Gasteiger partial charge >= 0.3 is 0 Å². The molecule has 0 spiro atoms. The van der Waals surface area contributed by atoms with Gasteiger partial charge < -0.3 is 4.74 Å². The van der Waals surface area contributed by atoms with Gasteiger partial charge in [0.05, 0.1) is 40.0 Å². The minimum atomic E-state index is -0.365. The number of thiazole rings is 1. The standard InChI is InChI=1S/C24H25N3O3S/c1-2-30-18-9-7-17(8-10-18)27-22(28)15-20(24(27)29)26-13-11-16(12-14-26)23-25-19-5-3-4-6-21(19)31-23/h3-10,16,20H,2,11-15H2,1H3/t20-/m1/s1. The SMILES string of the molecule is CCOc1ccc(N2C(=O)C[C@@H](N3CCC(c4nc5ccccc5s4)CC3)C2=O)cc1. The number of para-hydroxylation sites is 1. The maximum atomic E-state index is 13.1. The second-order valence-corrected chi connectivity index (χ2v) is 9.11. The number of aromatic nitrogens is 1. The Hall–Kier alpha value is -2.77. The quantitative estimate of drug-likeness (QED) is 0.562. The number of likely N-dealkylation sites (tertiary alicyclic amines) is 1. The van der Waals surface area contributed by atoms with Crippen LogP contribution in [0, 0.1) is 0 Å². The third kappa shape index (κ3) is 3.83. The Bertz CT molecular complexity index is 1070. The molecule has 6 nitrogen and oxygen atoms in total. The van der Waals surface area contributed by atoms with Crippen LogP contribution in [-0.4, -0.2) is 47.4 Å². The van der Waals surface area contributed by atoms with E-state index in [0.29, 0.717) is 18.2 Å². The number of imide groups is 1. The smallest absolute Gasteiger partial charge is 0.251 e. The maximum Gasteiger partial charge on any atom is 0.251 e. The summed E-state index contributed by atoms with van der Waals surface area (Å²) in [6.45, 7) is 4.12. The van der Waals surface area contributed by atoms with Crippen molar-refractivity contribution < 1.29 is 14.3 Å². The summed E-state index contributed by atoms with van der Waals surface area (Å²) in [5, 5.41) is 1.19. The molecule has 2 aliphatic heterocycles. The van der Waals surface area contributed by atoms with Crippen LogP contribution in [0.3, 0.4) is 0 Å². The van der Waals surface area contributed by atoms with Crippen molar-refractivity contribution in [3.05, 3.63) is 53.5 Å². The van der Waals surface area contributed by atoms with Gasteiger partial charge in [-0.3, -0.25) is 14.5 Å². The van der Waals surface area contributed by atoms with Crippen LogP contribution in [0.25, 0.3) is 10.2 Å². The number of carbonyl (C=O) groups is 2. The summed E-state index contributed by atoms with van der Waals surface area (Å²) < 4.78 is 6.68. The molecule has 0 N–H and O–H groups in total. The summed E-state index contributed by atoms with van der Waals surface area (Å²) in [6.07, 6.45) is 2.17. The van der Waals surface area contributed by atoms with E-state index in [1.807, 2.05) is 19.1 Å². The normalized spacial score (nSPS) is 20.7. The number of rotatable bonds is 5. The van der Waals surface area contributed by atoms with E-state index < -0.39 is 0 Å². The summed E-state index contributed by atoms with van der Waals surface area (Å²) in [4.78, 5) is 34.1. The fourth-order valence-electron chi connectivity index (χ4n) is 4.55. The number of ether oxygens (including phenoxy) is 1. The number of hydrogen-bond acceptors (Lipinski definition) is 6. The zero-order valence-electron chi connectivity index (χ0n) is 17.5. The fraction of sp³-hybridized carbons (Fsp3) is 0.375. The fourth-order valence-corrected chi connectivity index (χ4v) is 5.69. The van der Waals surface area contributed by atoms with E-state index >= 15 is 0 Å². The van der Waals surface area contributed by atoms with Gasteiger partial charge in [-0.05, 0) is 69.3 Å². The highest BCUT2D eigenvalue weighted by atomic mass is 32.1. The molecular formula is C24H25N3O3S. The van der Waals surface area contributed by atoms with Gasteiger partial charge in [0.15, 0.2) is 0 Å². The molecule has 0 unspecified atom stereocenters. The molecule has 5 rings (SSSR count). The lowest BCUT2D eigenvalue weighted by atomic mass is 9.96. The molecule has 0 bridgehead atoms. The molecule has 0 radical (unpaired) electrons. The first kappa shape index (κ1) is 20.2. The average Bonchev–Trinajstić information content (AvgIpc) is 3.35. The topological polar surface area (TPSA) is 62.7 Å². The first-order valence-corrected chi connectivity index (χ1v) is 11.6. The lowest BCUT2D eigenvalue weighted by Crippen LogP contribution is -2.45. The number of benzene rings is 2. The molecule has 7 heteroatoms. The summed E-state index contributed by atoms with van der Waals surface area (Å²) in [5.41, 5.74) is 1.68. The Kier molecular flexibility index (Phi) is 5.46. The zero-order valence-corrected chi connectivity index (χ0v) is 18.3. The van der Waals surface area contributed by atoms with E-state index in [2.05, 4.69) is 17.0 Å². The molecule has 160 valence electrons. The van der Waals surface area contributed by atoms with Crippen molar-refractivity contribution in [1.82, 2.24) is 9.88 Å². The number of nitrogens with zero attached hydrogens (tertiary/aromatic N) is 3. The number of piperidine rings is 1. The van der Waals surface area contributed by atoms with E-state index in [1.165, 1.54) is 14.6 Å². The van der Waals surface area contributed by atoms with Crippen LogP contribution in [0.5, 0.6) is 5.75 Å². The number of amides is 2. The van der Waals surface area contributed by atoms with Crippen LogP contribution in [0.15, 0.2) is 48.5 Å². The molecule has 31 heavy (non-hydrogen) atoms. The largest absolute Gasteiger partial charge is 0.494 e. The maximum absolute atomic E-state index is 13.1. The van der Waals surface area contributed by atoms with Crippen LogP contribution in [0.1, 0.15) is 37.1 Å². The minimum absolute atomic E-state index is 0.118. The van der Waals surface area contributed by atoms with Crippen molar-refractivity contribution in [1.29, 1.82) is 0 Å². The Morgan fingerprint density at radius 2 is 1.81 bits per heavy atom. The number of carbonyl (C=O) groups excluding carboxylic acids is 2. The van der Waals surface area contributed by atoms with Gasteiger partial charge in [0, 0.05) is 5.92 Å². The lowest BCUT2D eigenvalue weighted by Gasteiger charge is -2.34. The van der Waals surface area contributed by atoms with Crippen molar-refractivity contribution in [3.8, 4) is 5.75 Å². The number of anilines is 1. The van der Waals surface area contributed by atoms with E-state index in [4.69, 9.17) is 9.72 Å². The van der Waals surface area contributed by atoms with Gasteiger partial charge in [0.1, 0.15) is 5.75 Å². The third-order valence-electron chi connectivity index (χ3n) is 6.16. The van der Waals surface area contributed by atoms with Gasteiger partial charge in [-0.25, -0.2) is 9.88 Å². The number of fused-ring (bicyclic) bond motifs is 1. The van der Waals surface area contributed by atoms with E-state index in [0.717, 1.165) is 37.2 Å². The van der Waals surface area contributed by atoms with Crippen LogP contribution in [0.4, 0.5) is 5.69 Å². The molecule has 0 aliphatic carbocycles. The Labute approximate surface area is 185 Å². The highest BCUT2D eigenvalue weighted by Gasteiger charge is 2.43. The molecule has 3 heterocycles. The Balaban J connectivity index is 1.25. The monoisotopic (exact) mass is 435 g/mol. The molecule has 2 aromatic carbocycles. The summed E-state index contributed by atoms with van der Waals surface area (Å²) in [7, 11) is 0. The second-order valence-electron chi connectivity index (χ2n) is 8.04. The predicted octanol–water partition coefficient (Wildman–Crippen LogP) is 4.21. The van der Waals surface area contributed by atoms with Gasteiger partial charge in [0.2, 0.25) is 5.91 Å². The molecule has 1 atom stereocenters. The Morgan fingerprint density at radius 1 is 1.06 bits per heavy atom. The van der Waals surface area contributed by atoms with Crippen LogP contribution in [-0.2, 0) is 9.59 Å². The van der Waals surface area contributed by atoms with E-state index in [9.17, 15) is 9.59 Å². The van der Waals surface area contributed by atoms with E-state index in [1.54, 1.807) is 35.6 Å². The first-order chi connectivity index (χ1) is 15.1. The molecule has 2 aliphatic rings. The summed E-state index contributed by atoms with van der Waals surface area (Å²) >= 11 is 1.77. The molecule has 2 saturated heterocycles. The van der Waals surface area contributed by atoms with Crippen molar-refractivity contribution in [2.45, 2.75) is 38.1 Å². The van der Waals surface area contributed by atoms with Crippen LogP contribution >= 0.6 is 11.3 Å². The van der Waals surface area contributed by atoms with Crippen molar-refractivity contribution in [2.24, 2.45) is 0 Å². The first-order valence-electron chi connectivity index (χ1n) is 10.8. The highest BCUT2D eigenvalue weighted by molar-refractivity contribution is 7.18. The molecule has 2 amide bonds. The van der Waals surface area contributed by atoms with Crippen molar-refractivity contribution in [2.75, 3.05) is 24.6 Å². The van der Waals surface area contributed by atoms with Crippen molar-refractivity contribution >= 4 is 39.1 Å². The van der Waals surface area contributed by atoms with Crippen LogP contribution in [0.2, 0.25) is 0 Å². The molecule has 2 fully saturated rings. The Morgan fingerprint density at radius 3 is 2.52 bits per heavy atom. The lowest BCUT2D eigenvalue weighted by molar-refractivity contribution is -0.123. The third-order valence-corrected chi connectivity index (χ3v) is 7.36. The van der Waals surface area contributed by atoms with Gasteiger partial charge in [-0.1, -0.05) is 12.1 Å². The highest BCUT2D eigenvalue weighted by Crippen LogP contribution is 2.36. The molecule has 0 saturated carbocycles. The van der Waals surface area contributed by atoms with Crippen LogP contribution < -0.4 is 9.64 Å². The van der Waals surface area contributed by atoms with Gasteiger partial charge in [0.25, 0.3) is 5.91 Å². The molecule has 3 aromatic rings. The summed E-state index contributed by atoms with van der Waals surface area (Å²) in [6, 6.07) is 15.0. The van der Waals surface area contributed by atoms with E-state index in [-0.39, 0.29) is 24.3 Å².